The number of ether oxygens (including phenoxy) is 1. The van der Waals surface area contributed by atoms with Gasteiger partial charge in [0.2, 0.25) is 5.91 Å². The second kappa shape index (κ2) is 7.11. The lowest BCUT2D eigenvalue weighted by Gasteiger charge is -2.30. The normalized spacial score (nSPS) is 13.2. The molecule has 24 heavy (non-hydrogen) atoms. The topological polar surface area (TPSA) is 61.8 Å². The maximum absolute atomic E-state index is 12.4. The van der Waals surface area contributed by atoms with Crippen LogP contribution in [-0.4, -0.2) is 30.7 Å². The van der Waals surface area contributed by atoms with E-state index in [-0.39, 0.29) is 19.1 Å². The Hall–Kier alpha value is -2.24. The zero-order valence-electron chi connectivity index (χ0n) is 13.4. The quantitative estimate of drug-likeness (QED) is 0.893. The molecule has 2 aromatic rings. The number of fused-ring (bicyclic) bond motifs is 1. The summed E-state index contributed by atoms with van der Waals surface area (Å²) in [6.45, 7) is 3.22. The van der Waals surface area contributed by atoms with Gasteiger partial charge in [0, 0.05) is 10.7 Å². The molecule has 0 fully saturated rings. The minimum Gasteiger partial charge on any atom is -0.490 e. The molecule has 3 rings (SSSR count). The van der Waals surface area contributed by atoms with Gasteiger partial charge in [-0.05, 0) is 42.3 Å². The fraction of sp³-hybridized carbons (Fsp3) is 0.278. The number of rotatable bonds is 4. The molecule has 126 valence electrons. The Morgan fingerprint density at radius 3 is 2.96 bits per heavy atom. The molecule has 1 heterocycles. The molecule has 5 nitrogen and oxygen atoms in total. The number of aryl methyl sites for hydroxylation is 1. The molecule has 0 radical (unpaired) electrons. The van der Waals surface area contributed by atoms with Gasteiger partial charge in [-0.15, -0.1) is 0 Å². The lowest BCUT2D eigenvalue weighted by molar-refractivity contribution is -0.115. The number of hydrogen-bond donors (Lipinski definition) is 2. The van der Waals surface area contributed by atoms with Crippen LogP contribution in [0, 0.1) is 6.92 Å². The van der Waals surface area contributed by atoms with Gasteiger partial charge in [0.25, 0.3) is 0 Å². The number of nitrogens with one attached hydrogen (secondary N) is 1. The number of anilines is 2. The van der Waals surface area contributed by atoms with Gasteiger partial charge in [-0.25, -0.2) is 0 Å². The van der Waals surface area contributed by atoms with E-state index in [1.54, 1.807) is 18.2 Å². The SMILES string of the molecule is Cc1ccc(CO)cc1NC(=O)CN1CCOc2ccc(Cl)cc21. The summed E-state index contributed by atoms with van der Waals surface area (Å²) in [7, 11) is 0. The molecule has 1 amide bonds. The number of aliphatic hydroxyl groups is 1. The van der Waals surface area contributed by atoms with E-state index < -0.39 is 0 Å². The zero-order chi connectivity index (χ0) is 17.1. The van der Waals surface area contributed by atoms with Gasteiger partial charge in [0.1, 0.15) is 12.4 Å². The first kappa shape index (κ1) is 16.6. The van der Waals surface area contributed by atoms with Crippen molar-refractivity contribution in [2.75, 3.05) is 29.9 Å². The molecular formula is C18H19ClN2O3. The van der Waals surface area contributed by atoms with Crippen LogP contribution in [0.5, 0.6) is 5.75 Å². The van der Waals surface area contributed by atoms with E-state index in [4.69, 9.17) is 16.3 Å². The Balaban J connectivity index is 1.74. The Bertz CT molecular complexity index is 764. The van der Waals surface area contributed by atoms with Crippen LogP contribution in [0.1, 0.15) is 11.1 Å². The predicted molar refractivity (Wildman–Crippen MR) is 94.9 cm³/mol. The molecule has 1 aliphatic rings. The number of hydrogen-bond acceptors (Lipinski definition) is 4. The standard InChI is InChI=1S/C18H19ClN2O3/c1-12-2-3-13(11-22)8-15(12)20-18(23)10-21-6-7-24-17-5-4-14(19)9-16(17)21/h2-5,8-9,22H,6-7,10-11H2,1H3,(H,20,23). The largest absolute Gasteiger partial charge is 0.490 e. The molecule has 6 heteroatoms. The molecule has 0 spiro atoms. The summed E-state index contributed by atoms with van der Waals surface area (Å²) >= 11 is 6.06. The zero-order valence-corrected chi connectivity index (χ0v) is 14.1. The van der Waals surface area contributed by atoms with Crippen molar-refractivity contribution >= 4 is 28.9 Å². The van der Waals surface area contributed by atoms with Crippen LogP contribution in [0.25, 0.3) is 0 Å². The van der Waals surface area contributed by atoms with Gasteiger partial charge in [-0.1, -0.05) is 23.7 Å². The van der Waals surface area contributed by atoms with Gasteiger partial charge in [0.05, 0.1) is 25.4 Å². The highest BCUT2D eigenvalue weighted by atomic mass is 35.5. The monoisotopic (exact) mass is 346 g/mol. The van der Waals surface area contributed by atoms with Gasteiger partial charge < -0.3 is 20.1 Å². The number of halogens is 1. The van der Waals surface area contributed by atoms with Crippen molar-refractivity contribution in [2.24, 2.45) is 0 Å². The third kappa shape index (κ3) is 3.63. The smallest absolute Gasteiger partial charge is 0.243 e. The molecule has 0 aliphatic carbocycles. The van der Waals surface area contributed by atoms with E-state index in [9.17, 15) is 9.90 Å². The van der Waals surface area contributed by atoms with Crippen LogP contribution in [0.2, 0.25) is 5.02 Å². The molecule has 2 N–H and O–H groups in total. The summed E-state index contributed by atoms with van der Waals surface area (Å²) in [6.07, 6.45) is 0. The molecule has 0 bridgehead atoms. The number of aliphatic hydroxyl groups excluding tert-OH is 1. The predicted octanol–water partition coefficient (Wildman–Crippen LogP) is 2.98. The maximum atomic E-state index is 12.4. The van der Waals surface area contributed by atoms with E-state index in [0.717, 1.165) is 22.6 Å². The average Bonchev–Trinajstić information content (AvgIpc) is 2.57. The maximum Gasteiger partial charge on any atom is 0.243 e. The van der Waals surface area contributed by atoms with E-state index in [1.807, 2.05) is 30.0 Å². The molecule has 0 atom stereocenters. The highest BCUT2D eigenvalue weighted by Gasteiger charge is 2.21. The van der Waals surface area contributed by atoms with Crippen molar-refractivity contribution in [1.82, 2.24) is 0 Å². The number of benzene rings is 2. The lowest BCUT2D eigenvalue weighted by Crippen LogP contribution is -2.38. The van der Waals surface area contributed by atoms with E-state index in [1.165, 1.54) is 0 Å². The van der Waals surface area contributed by atoms with Gasteiger partial charge >= 0.3 is 0 Å². The van der Waals surface area contributed by atoms with Crippen molar-refractivity contribution in [3.05, 3.63) is 52.5 Å². The van der Waals surface area contributed by atoms with Gasteiger partial charge in [-0.2, -0.15) is 0 Å². The highest BCUT2D eigenvalue weighted by molar-refractivity contribution is 6.31. The summed E-state index contributed by atoms with van der Waals surface area (Å²) in [4.78, 5) is 14.4. The molecule has 0 saturated heterocycles. The minimum absolute atomic E-state index is 0.0571. The van der Waals surface area contributed by atoms with Crippen LogP contribution in [0.15, 0.2) is 36.4 Å². The fourth-order valence-corrected chi connectivity index (χ4v) is 2.84. The van der Waals surface area contributed by atoms with Crippen LogP contribution in [-0.2, 0) is 11.4 Å². The van der Waals surface area contributed by atoms with Crippen LogP contribution < -0.4 is 15.0 Å². The van der Waals surface area contributed by atoms with Crippen LogP contribution in [0.3, 0.4) is 0 Å². The van der Waals surface area contributed by atoms with Gasteiger partial charge in [-0.3, -0.25) is 4.79 Å². The van der Waals surface area contributed by atoms with E-state index in [2.05, 4.69) is 5.32 Å². The molecule has 2 aromatic carbocycles. The second-order valence-corrected chi connectivity index (χ2v) is 6.17. The molecular weight excluding hydrogens is 328 g/mol. The van der Waals surface area contributed by atoms with E-state index in [0.29, 0.717) is 23.9 Å². The number of amides is 1. The molecule has 0 aromatic heterocycles. The van der Waals surface area contributed by atoms with Gasteiger partial charge in [0.15, 0.2) is 0 Å². The summed E-state index contributed by atoms with van der Waals surface area (Å²) in [5, 5.41) is 12.8. The first-order valence-electron chi connectivity index (χ1n) is 7.74. The third-order valence-corrected chi connectivity index (χ3v) is 4.21. The first-order chi connectivity index (χ1) is 11.6. The van der Waals surface area contributed by atoms with Crippen LogP contribution >= 0.6 is 11.6 Å². The van der Waals surface area contributed by atoms with Crippen molar-refractivity contribution < 1.29 is 14.6 Å². The van der Waals surface area contributed by atoms with Crippen molar-refractivity contribution in [3.8, 4) is 5.75 Å². The van der Waals surface area contributed by atoms with Crippen molar-refractivity contribution in [1.29, 1.82) is 0 Å². The second-order valence-electron chi connectivity index (χ2n) is 5.74. The Morgan fingerprint density at radius 1 is 1.33 bits per heavy atom. The summed E-state index contributed by atoms with van der Waals surface area (Å²) in [5.41, 5.74) is 3.25. The minimum atomic E-state index is -0.124. The molecule has 1 aliphatic heterocycles. The Labute approximate surface area is 145 Å². The number of carbonyl (C=O) groups excluding carboxylic acids is 1. The highest BCUT2D eigenvalue weighted by Crippen LogP contribution is 2.33. The first-order valence-corrected chi connectivity index (χ1v) is 8.12. The number of nitrogens with zero attached hydrogens (tertiary/aromatic N) is 1. The third-order valence-electron chi connectivity index (χ3n) is 3.97. The number of carbonyl (C=O) groups is 1. The average molecular weight is 347 g/mol. The molecule has 0 saturated carbocycles. The summed E-state index contributed by atoms with van der Waals surface area (Å²) < 4.78 is 5.60. The summed E-state index contributed by atoms with van der Waals surface area (Å²) in [6, 6.07) is 10.9. The van der Waals surface area contributed by atoms with Crippen molar-refractivity contribution in [3.63, 3.8) is 0 Å². The summed E-state index contributed by atoms with van der Waals surface area (Å²) in [5.74, 6) is 0.609. The van der Waals surface area contributed by atoms with E-state index >= 15 is 0 Å². The Kier molecular flexibility index (Phi) is 4.92. The molecule has 0 unspecified atom stereocenters. The van der Waals surface area contributed by atoms with Crippen LogP contribution in [0.4, 0.5) is 11.4 Å². The van der Waals surface area contributed by atoms with Crippen molar-refractivity contribution in [2.45, 2.75) is 13.5 Å². The Morgan fingerprint density at radius 2 is 2.17 bits per heavy atom. The lowest BCUT2D eigenvalue weighted by atomic mass is 10.1. The fourth-order valence-electron chi connectivity index (χ4n) is 2.68.